The SMILES string of the molecule is O=C(NCCCOCC1CCOCC1)N[C@@H]1C[C@H]2CC[C@H]1C2. The second-order valence-corrected chi connectivity index (χ2v) is 7.17. The van der Waals surface area contributed by atoms with Crippen LogP contribution < -0.4 is 10.6 Å². The number of hydrogen-bond acceptors (Lipinski definition) is 3. The number of nitrogens with one attached hydrogen (secondary N) is 2. The van der Waals surface area contributed by atoms with Crippen LogP contribution >= 0.6 is 0 Å². The van der Waals surface area contributed by atoms with Crippen molar-refractivity contribution in [1.29, 1.82) is 0 Å². The lowest BCUT2D eigenvalue weighted by Gasteiger charge is -2.23. The van der Waals surface area contributed by atoms with Crippen LogP contribution in [0, 0.1) is 17.8 Å². The third-order valence-corrected chi connectivity index (χ3v) is 5.50. The van der Waals surface area contributed by atoms with Crippen molar-refractivity contribution in [3.05, 3.63) is 0 Å². The predicted octanol–water partition coefficient (Wildman–Crippen LogP) is 2.31. The molecule has 2 amide bonds. The molecule has 0 radical (unpaired) electrons. The fraction of sp³-hybridized carbons (Fsp3) is 0.941. The highest BCUT2D eigenvalue weighted by atomic mass is 16.5. The molecule has 3 atom stereocenters. The zero-order valence-electron chi connectivity index (χ0n) is 13.5. The van der Waals surface area contributed by atoms with Gasteiger partial charge < -0.3 is 20.1 Å². The first-order valence-corrected chi connectivity index (χ1v) is 9.01. The maximum atomic E-state index is 11.9. The molecule has 3 rings (SSSR count). The first-order chi connectivity index (χ1) is 10.8. The molecule has 22 heavy (non-hydrogen) atoms. The van der Waals surface area contributed by atoms with Gasteiger partial charge in [-0.3, -0.25) is 0 Å². The zero-order chi connectivity index (χ0) is 15.2. The molecule has 126 valence electrons. The van der Waals surface area contributed by atoms with Crippen molar-refractivity contribution in [2.75, 3.05) is 33.0 Å². The molecule has 3 aliphatic rings. The highest BCUT2D eigenvalue weighted by Gasteiger charge is 2.39. The highest BCUT2D eigenvalue weighted by molar-refractivity contribution is 5.74. The van der Waals surface area contributed by atoms with Crippen LogP contribution in [-0.2, 0) is 9.47 Å². The van der Waals surface area contributed by atoms with Gasteiger partial charge in [-0.1, -0.05) is 6.42 Å². The van der Waals surface area contributed by atoms with Crippen molar-refractivity contribution >= 4 is 6.03 Å². The molecule has 5 nitrogen and oxygen atoms in total. The van der Waals surface area contributed by atoms with E-state index in [2.05, 4.69) is 10.6 Å². The second kappa shape index (κ2) is 8.16. The van der Waals surface area contributed by atoms with Gasteiger partial charge >= 0.3 is 6.03 Å². The number of rotatable bonds is 7. The van der Waals surface area contributed by atoms with E-state index in [-0.39, 0.29) is 6.03 Å². The molecule has 0 aromatic rings. The minimum Gasteiger partial charge on any atom is -0.381 e. The molecule has 0 spiro atoms. The van der Waals surface area contributed by atoms with Gasteiger partial charge in [0, 0.05) is 39.0 Å². The van der Waals surface area contributed by atoms with Crippen LogP contribution in [0.1, 0.15) is 44.9 Å². The molecule has 1 aliphatic heterocycles. The standard InChI is InChI=1S/C17H30N2O3/c20-17(19-16-11-14-2-3-15(16)10-14)18-6-1-7-22-12-13-4-8-21-9-5-13/h13-16H,1-12H2,(H2,18,19,20)/t14-,15-,16+/m0/s1. The topological polar surface area (TPSA) is 59.6 Å². The van der Waals surface area contributed by atoms with Gasteiger partial charge in [0.25, 0.3) is 0 Å². The van der Waals surface area contributed by atoms with Crippen molar-refractivity contribution in [3.63, 3.8) is 0 Å². The molecule has 0 unspecified atom stereocenters. The molecule has 1 heterocycles. The van der Waals surface area contributed by atoms with Crippen LogP contribution in [0.25, 0.3) is 0 Å². The van der Waals surface area contributed by atoms with E-state index in [0.717, 1.165) is 57.5 Å². The molecule has 2 saturated carbocycles. The van der Waals surface area contributed by atoms with Crippen LogP contribution in [-0.4, -0.2) is 45.0 Å². The predicted molar refractivity (Wildman–Crippen MR) is 84.7 cm³/mol. The summed E-state index contributed by atoms with van der Waals surface area (Å²) >= 11 is 0. The van der Waals surface area contributed by atoms with Crippen LogP contribution in [0.2, 0.25) is 0 Å². The Morgan fingerprint density at radius 3 is 2.73 bits per heavy atom. The largest absolute Gasteiger partial charge is 0.381 e. The van der Waals surface area contributed by atoms with Crippen LogP contribution in [0.3, 0.4) is 0 Å². The monoisotopic (exact) mass is 310 g/mol. The van der Waals surface area contributed by atoms with Crippen LogP contribution in [0.5, 0.6) is 0 Å². The van der Waals surface area contributed by atoms with Gasteiger partial charge in [-0.25, -0.2) is 4.79 Å². The lowest BCUT2D eigenvalue weighted by molar-refractivity contribution is 0.0203. The molecule has 2 N–H and O–H groups in total. The molecular weight excluding hydrogens is 280 g/mol. The van der Waals surface area contributed by atoms with E-state index in [9.17, 15) is 4.79 Å². The number of carbonyl (C=O) groups is 1. The Hall–Kier alpha value is -0.810. The van der Waals surface area contributed by atoms with Crippen LogP contribution in [0.15, 0.2) is 0 Å². The van der Waals surface area contributed by atoms with Gasteiger partial charge in [-0.2, -0.15) is 0 Å². The average Bonchev–Trinajstić information content (AvgIpc) is 3.14. The summed E-state index contributed by atoms with van der Waals surface area (Å²) in [4.78, 5) is 11.9. The summed E-state index contributed by atoms with van der Waals surface area (Å²) in [7, 11) is 0. The maximum Gasteiger partial charge on any atom is 0.315 e. The fourth-order valence-electron chi connectivity index (χ4n) is 4.18. The van der Waals surface area contributed by atoms with Crippen molar-refractivity contribution in [3.8, 4) is 0 Å². The normalized spacial score (nSPS) is 31.4. The van der Waals surface area contributed by atoms with Crippen molar-refractivity contribution in [1.82, 2.24) is 10.6 Å². The minimum absolute atomic E-state index is 0.00183. The van der Waals surface area contributed by atoms with E-state index in [4.69, 9.17) is 9.47 Å². The summed E-state index contributed by atoms with van der Waals surface area (Å²) in [6.07, 6.45) is 8.30. The van der Waals surface area contributed by atoms with E-state index in [1.807, 2.05) is 0 Å². The third-order valence-electron chi connectivity index (χ3n) is 5.50. The highest BCUT2D eigenvalue weighted by Crippen LogP contribution is 2.44. The molecule has 3 fully saturated rings. The Morgan fingerprint density at radius 1 is 1.14 bits per heavy atom. The van der Waals surface area contributed by atoms with Gasteiger partial charge in [0.1, 0.15) is 0 Å². The van der Waals surface area contributed by atoms with Gasteiger partial charge in [0.15, 0.2) is 0 Å². The Balaban J connectivity index is 1.18. The summed E-state index contributed by atoms with van der Waals surface area (Å²) in [6, 6.07) is 0.422. The Kier molecular flexibility index (Phi) is 5.96. The molecule has 2 bridgehead atoms. The van der Waals surface area contributed by atoms with Crippen molar-refractivity contribution in [2.45, 2.75) is 51.0 Å². The lowest BCUT2D eigenvalue weighted by Crippen LogP contribution is -2.44. The number of fused-ring (bicyclic) bond motifs is 2. The van der Waals surface area contributed by atoms with E-state index >= 15 is 0 Å². The van der Waals surface area contributed by atoms with Crippen LogP contribution in [0.4, 0.5) is 4.79 Å². The number of urea groups is 1. The van der Waals surface area contributed by atoms with Gasteiger partial charge in [-0.05, 0) is 56.3 Å². The minimum atomic E-state index is 0.00183. The quantitative estimate of drug-likeness (QED) is 0.709. The van der Waals surface area contributed by atoms with Gasteiger partial charge in [0.2, 0.25) is 0 Å². The Bertz CT molecular complexity index is 358. The summed E-state index contributed by atoms with van der Waals surface area (Å²) < 4.78 is 11.0. The second-order valence-electron chi connectivity index (χ2n) is 7.17. The molecule has 5 heteroatoms. The summed E-state index contributed by atoms with van der Waals surface area (Å²) in [5.41, 5.74) is 0. The summed E-state index contributed by atoms with van der Waals surface area (Å²) in [6.45, 7) is 4.00. The Labute approximate surface area is 133 Å². The maximum absolute atomic E-state index is 11.9. The number of carbonyl (C=O) groups excluding carboxylic acids is 1. The van der Waals surface area contributed by atoms with Gasteiger partial charge in [-0.15, -0.1) is 0 Å². The first kappa shape index (κ1) is 16.1. The zero-order valence-corrected chi connectivity index (χ0v) is 13.5. The molecule has 1 saturated heterocycles. The van der Waals surface area contributed by atoms with E-state index in [0.29, 0.717) is 18.5 Å². The number of amides is 2. The molecule has 0 aromatic carbocycles. The van der Waals surface area contributed by atoms with E-state index < -0.39 is 0 Å². The fourth-order valence-corrected chi connectivity index (χ4v) is 4.18. The molecule has 0 aromatic heterocycles. The lowest BCUT2D eigenvalue weighted by atomic mass is 9.95. The van der Waals surface area contributed by atoms with Gasteiger partial charge in [0.05, 0.1) is 0 Å². The average molecular weight is 310 g/mol. The summed E-state index contributed by atoms with van der Waals surface area (Å²) in [5, 5.41) is 6.11. The number of ether oxygens (including phenoxy) is 2. The first-order valence-electron chi connectivity index (χ1n) is 9.01. The van der Waals surface area contributed by atoms with Crippen molar-refractivity contribution < 1.29 is 14.3 Å². The van der Waals surface area contributed by atoms with Crippen molar-refractivity contribution in [2.24, 2.45) is 17.8 Å². The van der Waals surface area contributed by atoms with E-state index in [1.54, 1.807) is 0 Å². The Morgan fingerprint density at radius 2 is 2.00 bits per heavy atom. The smallest absolute Gasteiger partial charge is 0.315 e. The number of hydrogen-bond donors (Lipinski definition) is 2. The van der Waals surface area contributed by atoms with E-state index in [1.165, 1.54) is 25.7 Å². The molecule has 2 aliphatic carbocycles. The summed E-state index contributed by atoms with van der Waals surface area (Å²) in [5.74, 6) is 2.26. The molecular formula is C17H30N2O3. The third kappa shape index (κ3) is 4.59.